The van der Waals surface area contributed by atoms with Crippen molar-refractivity contribution in [2.75, 3.05) is 4.90 Å². The quantitative estimate of drug-likeness (QED) is 0.504. The fourth-order valence-electron chi connectivity index (χ4n) is 3.83. The highest BCUT2D eigenvalue weighted by atomic mass is 19.1. The van der Waals surface area contributed by atoms with Crippen LogP contribution in [0.5, 0.6) is 5.88 Å². The summed E-state index contributed by atoms with van der Waals surface area (Å²) >= 11 is 0. The zero-order chi connectivity index (χ0) is 23.8. The Bertz CT molecular complexity index is 1190. The Morgan fingerprint density at radius 1 is 1.21 bits per heavy atom. The van der Waals surface area contributed by atoms with Crippen LogP contribution in [0.15, 0.2) is 54.9 Å². The molecule has 1 aliphatic rings. The number of rotatable bonds is 5. The molecule has 166 valence electrons. The number of hydrogen-bond donors (Lipinski definition) is 1. The van der Waals surface area contributed by atoms with Crippen molar-refractivity contribution in [1.29, 1.82) is 0 Å². The van der Waals surface area contributed by atoms with Gasteiger partial charge in [0.1, 0.15) is 41.4 Å². The van der Waals surface area contributed by atoms with Crippen LogP contribution in [0.4, 0.5) is 10.1 Å². The highest BCUT2D eigenvalue weighted by Gasteiger charge is 2.42. The van der Waals surface area contributed by atoms with Crippen LogP contribution in [-0.2, 0) is 11.3 Å². The number of nitrogens with zero attached hydrogens (tertiary/aromatic N) is 4. The lowest BCUT2D eigenvalue weighted by atomic mass is 9.48. The van der Waals surface area contributed by atoms with Crippen molar-refractivity contribution in [2.24, 2.45) is 0 Å². The molecule has 1 N–H and O–H groups in total. The van der Waals surface area contributed by atoms with E-state index in [9.17, 15) is 14.0 Å². The van der Waals surface area contributed by atoms with E-state index < -0.39 is 29.1 Å². The summed E-state index contributed by atoms with van der Waals surface area (Å²) < 4.78 is 21.9. The third-order valence-corrected chi connectivity index (χ3v) is 5.32. The Hall–Kier alpha value is -3.56. The first-order valence-electron chi connectivity index (χ1n) is 10.7. The van der Waals surface area contributed by atoms with Crippen LogP contribution < -0.4 is 15.0 Å². The average molecular weight is 445 g/mol. The van der Waals surface area contributed by atoms with Crippen LogP contribution in [0.3, 0.4) is 0 Å². The molecule has 0 saturated heterocycles. The number of amides is 2. The highest BCUT2D eigenvalue weighted by Crippen LogP contribution is 2.33. The molecule has 0 unspecified atom stereocenters. The van der Waals surface area contributed by atoms with Gasteiger partial charge in [-0.05, 0) is 29.9 Å². The van der Waals surface area contributed by atoms with Crippen LogP contribution in [0.2, 0.25) is 0 Å². The summed E-state index contributed by atoms with van der Waals surface area (Å²) in [5.74, 6) is -1.64. The second-order valence-electron chi connectivity index (χ2n) is 8.96. The second kappa shape index (κ2) is 8.76. The molecule has 2 atom stereocenters. The first-order valence-corrected chi connectivity index (χ1v) is 10.7. The van der Waals surface area contributed by atoms with Gasteiger partial charge in [-0.15, -0.1) is 0 Å². The van der Waals surface area contributed by atoms with Gasteiger partial charge in [0.05, 0.1) is 12.7 Å². The van der Waals surface area contributed by atoms with E-state index in [0.717, 1.165) is 11.8 Å². The molecule has 2 aromatic heterocycles. The predicted octanol–water partition coefficient (Wildman–Crippen LogP) is -1.11. The standard InChI is InChI=1S/C21H23B3FN5O3/c1-12-16(20(32)30(21(22,23)24)15-8-5-9-26-19(15)33-12)27-18(31)17-14(25)11-29(28-17)10-13-6-3-2-4-7-13/h2-9,11-12,16H,10,22-24H2,1H3,(H,27,31)/t12-,16+/m1/s1. The number of hydrogen-bond acceptors (Lipinski definition) is 5. The van der Waals surface area contributed by atoms with Crippen LogP contribution in [0.25, 0.3) is 0 Å². The topological polar surface area (TPSA) is 89.4 Å². The number of benzene rings is 1. The number of halogens is 1. The Morgan fingerprint density at radius 2 is 1.94 bits per heavy atom. The molecule has 3 aromatic rings. The molecule has 2 amide bonds. The van der Waals surface area contributed by atoms with Gasteiger partial charge < -0.3 is 15.0 Å². The SMILES string of the molecule is BC(B)(B)N1C(=O)[C@@H](NC(=O)c2nn(Cc3ccccc3)cc2F)[C@@H](C)Oc2ncccc21. The van der Waals surface area contributed by atoms with Gasteiger partial charge in [0.15, 0.2) is 11.5 Å². The minimum Gasteiger partial charge on any atom is -0.470 e. The lowest BCUT2D eigenvalue weighted by Gasteiger charge is -2.37. The zero-order valence-electron chi connectivity index (χ0n) is 18.9. The van der Waals surface area contributed by atoms with E-state index in [0.29, 0.717) is 18.1 Å². The third-order valence-electron chi connectivity index (χ3n) is 5.32. The first-order chi connectivity index (χ1) is 15.6. The zero-order valence-corrected chi connectivity index (χ0v) is 18.9. The molecule has 0 bridgehead atoms. The summed E-state index contributed by atoms with van der Waals surface area (Å²) in [5.41, 5.74) is 1.05. The number of fused-ring (bicyclic) bond motifs is 1. The number of carbonyl (C=O) groups excluding carboxylic acids is 2. The molecule has 0 saturated carbocycles. The monoisotopic (exact) mass is 445 g/mol. The number of anilines is 1. The summed E-state index contributed by atoms with van der Waals surface area (Å²) in [7, 11) is 5.63. The molecule has 12 heteroatoms. The van der Waals surface area contributed by atoms with Gasteiger partial charge >= 0.3 is 0 Å². The van der Waals surface area contributed by atoms with Crippen molar-refractivity contribution >= 4 is 41.0 Å². The fraction of sp³-hybridized carbons (Fsp3) is 0.238. The van der Waals surface area contributed by atoms with Gasteiger partial charge in [-0.1, -0.05) is 30.3 Å². The lowest BCUT2D eigenvalue weighted by molar-refractivity contribution is -0.121. The third kappa shape index (κ3) is 4.64. The maximum Gasteiger partial charge on any atom is 0.275 e. The van der Waals surface area contributed by atoms with E-state index in [4.69, 9.17) is 4.74 Å². The van der Waals surface area contributed by atoms with Crippen LogP contribution in [0, 0.1) is 5.82 Å². The van der Waals surface area contributed by atoms with Gasteiger partial charge in [-0.3, -0.25) is 14.3 Å². The summed E-state index contributed by atoms with van der Waals surface area (Å²) in [4.78, 5) is 32.3. The molecule has 0 fully saturated rings. The fourth-order valence-corrected chi connectivity index (χ4v) is 3.83. The maximum absolute atomic E-state index is 14.6. The highest BCUT2D eigenvalue weighted by molar-refractivity contribution is 6.62. The molecule has 0 radical (unpaired) electrons. The van der Waals surface area contributed by atoms with Crippen LogP contribution >= 0.6 is 0 Å². The van der Waals surface area contributed by atoms with E-state index >= 15 is 0 Å². The van der Waals surface area contributed by atoms with E-state index in [1.807, 2.05) is 53.9 Å². The van der Waals surface area contributed by atoms with E-state index in [-0.39, 0.29) is 11.6 Å². The summed E-state index contributed by atoms with van der Waals surface area (Å²) in [5, 5.41) is 6.12. The van der Waals surface area contributed by atoms with Crippen molar-refractivity contribution in [2.45, 2.75) is 30.9 Å². The summed E-state index contributed by atoms with van der Waals surface area (Å²) in [6.45, 7) is 1.98. The van der Waals surface area contributed by atoms with E-state index in [1.54, 1.807) is 30.2 Å². The molecule has 0 spiro atoms. The minimum absolute atomic E-state index is 0.295. The number of ether oxygens (including phenoxy) is 1. The van der Waals surface area contributed by atoms with Crippen molar-refractivity contribution in [3.05, 3.63) is 71.9 Å². The van der Waals surface area contributed by atoms with Crippen molar-refractivity contribution < 1.29 is 18.7 Å². The van der Waals surface area contributed by atoms with Gasteiger partial charge in [-0.2, -0.15) is 5.10 Å². The maximum atomic E-state index is 14.6. The van der Waals surface area contributed by atoms with Gasteiger partial charge in [0, 0.05) is 6.20 Å². The minimum atomic E-state index is -1.07. The summed E-state index contributed by atoms with van der Waals surface area (Å²) in [6.07, 6.45) is 2.00. The molecule has 4 rings (SSSR count). The Morgan fingerprint density at radius 3 is 2.64 bits per heavy atom. The van der Waals surface area contributed by atoms with Gasteiger partial charge in [-0.25, -0.2) is 9.37 Å². The summed E-state index contributed by atoms with van der Waals surface area (Å²) in [6, 6.07) is 11.8. The molecule has 1 aromatic carbocycles. The number of pyridine rings is 1. The smallest absolute Gasteiger partial charge is 0.275 e. The second-order valence-corrected chi connectivity index (χ2v) is 8.96. The number of nitrogens with one attached hydrogen (secondary N) is 1. The predicted molar refractivity (Wildman–Crippen MR) is 129 cm³/mol. The Balaban J connectivity index is 1.59. The number of aromatic nitrogens is 3. The van der Waals surface area contributed by atoms with E-state index in [1.165, 1.54) is 4.68 Å². The molecule has 3 heterocycles. The van der Waals surface area contributed by atoms with Crippen molar-refractivity contribution in [1.82, 2.24) is 20.1 Å². The molecule has 0 aliphatic carbocycles. The molecule has 1 aliphatic heterocycles. The molecular weight excluding hydrogens is 422 g/mol. The van der Waals surface area contributed by atoms with Gasteiger partial charge in [0.2, 0.25) is 5.88 Å². The number of carbonyl (C=O) groups is 2. The van der Waals surface area contributed by atoms with Crippen LogP contribution in [0.1, 0.15) is 23.0 Å². The van der Waals surface area contributed by atoms with E-state index in [2.05, 4.69) is 15.4 Å². The molecule has 33 heavy (non-hydrogen) atoms. The van der Waals surface area contributed by atoms with Gasteiger partial charge in [0.25, 0.3) is 11.8 Å². The van der Waals surface area contributed by atoms with Crippen molar-refractivity contribution in [3.8, 4) is 5.88 Å². The largest absolute Gasteiger partial charge is 0.470 e. The first kappa shape index (κ1) is 22.6. The molecule has 8 nitrogen and oxygen atoms in total. The lowest BCUT2D eigenvalue weighted by Crippen LogP contribution is -2.61. The average Bonchev–Trinajstić information content (AvgIpc) is 3.07. The normalized spacial score (nSPS) is 18.2. The Labute approximate surface area is 193 Å². The molecular formula is C21H23B3FN5O3. The van der Waals surface area contributed by atoms with Crippen LogP contribution in [-0.4, -0.2) is 67.5 Å². The Kier molecular flexibility index (Phi) is 6.01. The van der Waals surface area contributed by atoms with Crippen molar-refractivity contribution in [3.63, 3.8) is 0 Å².